The van der Waals surface area contributed by atoms with Gasteiger partial charge in [0.2, 0.25) is 10.0 Å². The Morgan fingerprint density at radius 3 is 2.20 bits per heavy atom. The standard InChI is InChI=1S/C30H38N2O8S/c1-6-27(30(35)36)40-24-10-7-21(8-11-24)23-15-18(2)29(19(3)16-23)39-14-13-31-20(4)28(34)22-9-12-26(33)25(17-22)32-41(5,37)38/h7-12,15-17,20,27-28,31-34H,6,13-14H2,1-5H3,(H,35,36)/t20-,27?,28-/m0/s1. The van der Waals surface area contributed by atoms with Gasteiger partial charge in [0.1, 0.15) is 23.9 Å². The van der Waals surface area contributed by atoms with E-state index in [2.05, 4.69) is 10.0 Å². The number of ether oxygens (including phenoxy) is 2. The summed E-state index contributed by atoms with van der Waals surface area (Å²) in [6.45, 7) is 8.29. The number of aliphatic carboxylic acids is 1. The summed E-state index contributed by atoms with van der Waals surface area (Å²) in [5.41, 5.74) is 4.33. The van der Waals surface area contributed by atoms with E-state index in [1.54, 1.807) is 26.0 Å². The van der Waals surface area contributed by atoms with E-state index in [0.29, 0.717) is 30.9 Å². The van der Waals surface area contributed by atoms with Gasteiger partial charge in [-0.05, 0) is 91.4 Å². The Morgan fingerprint density at radius 1 is 1.00 bits per heavy atom. The van der Waals surface area contributed by atoms with Gasteiger partial charge in [-0.25, -0.2) is 13.2 Å². The van der Waals surface area contributed by atoms with Gasteiger partial charge in [-0.3, -0.25) is 4.72 Å². The number of aliphatic hydroxyl groups is 1. The second-order valence-electron chi connectivity index (χ2n) is 10.0. The number of phenols is 1. The number of benzene rings is 3. The van der Waals surface area contributed by atoms with E-state index in [4.69, 9.17) is 9.47 Å². The molecule has 0 aliphatic rings. The quantitative estimate of drug-likeness (QED) is 0.137. The maximum absolute atomic E-state index is 11.5. The summed E-state index contributed by atoms with van der Waals surface area (Å²) in [6.07, 6.45) is -0.479. The second-order valence-corrected chi connectivity index (χ2v) is 11.8. The topological polar surface area (TPSA) is 154 Å². The molecule has 0 spiro atoms. The SMILES string of the molecule is CCC(Oc1ccc(-c2cc(C)c(OCCN[C@@H](C)[C@H](O)c3ccc(O)c(NS(C)(=O)=O)c3)c(C)c2)cc1)C(=O)O. The number of carboxylic acid groups (broad SMARTS) is 1. The number of nitrogens with one attached hydrogen (secondary N) is 2. The molecule has 0 aliphatic heterocycles. The summed E-state index contributed by atoms with van der Waals surface area (Å²) in [5, 5.41) is 33.1. The molecule has 10 nitrogen and oxygen atoms in total. The first-order valence-corrected chi connectivity index (χ1v) is 15.1. The van der Waals surface area contributed by atoms with Gasteiger partial charge >= 0.3 is 5.97 Å². The van der Waals surface area contributed by atoms with Gasteiger partial charge in [0.15, 0.2) is 6.10 Å². The van der Waals surface area contributed by atoms with Crippen molar-refractivity contribution in [1.29, 1.82) is 0 Å². The van der Waals surface area contributed by atoms with Crippen molar-refractivity contribution in [3.8, 4) is 28.4 Å². The molecule has 0 fully saturated rings. The van der Waals surface area contributed by atoms with E-state index in [9.17, 15) is 28.5 Å². The third-order valence-corrected chi connectivity index (χ3v) is 7.11. The number of carbonyl (C=O) groups is 1. The lowest BCUT2D eigenvalue weighted by Gasteiger charge is -2.22. The maximum atomic E-state index is 11.5. The van der Waals surface area contributed by atoms with Gasteiger partial charge in [-0.1, -0.05) is 25.1 Å². The lowest BCUT2D eigenvalue weighted by molar-refractivity contribution is -0.145. The lowest BCUT2D eigenvalue weighted by atomic mass is 9.99. The van der Waals surface area contributed by atoms with Gasteiger partial charge < -0.3 is 30.1 Å². The smallest absolute Gasteiger partial charge is 0.344 e. The molecule has 11 heteroatoms. The molecule has 0 aliphatic carbocycles. The normalized spacial score (nSPS) is 13.7. The molecule has 222 valence electrons. The molecule has 0 radical (unpaired) electrons. The monoisotopic (exact) mass is 586 g/mol. The number of hydrogen-bond donors (Lipinski definition) is 5. The zero-order valence-corrected chi connectivity index (χ0v) is 24.7. The molecule has 3 aromatic rings. The highest BCUT2D eigenvalue weighted by Gasteiger charge is 2.19. The van der Waals surface area contributed by atoms with Crippen LogP contribution in [0.3, 0.4) is 0 Å². The number of anilines is 1. The van der Waals surface area contributed by atoms with Gasteiger partial charge in [0.05, 0.1) is 18.0 Å². The van der Waals surface area contributed by atoms with Crippen LogP contribution < -0.4 is 19.5 Å². The van der Waals surface area contributed by atoms with Crippen molar-refractivity contribution in [3.63, 3.8) is 0 Å². The van der Waals surface area contributed by atoms with Crippen LogP contribution in [-0.4, -0.2) is 61.3 Å². The molecule has 0 heterocycles. The van der Waals surface area contributed by atoms with Crippen molar-refractivity contribution in [2.45, 2.75) is 52.4 Å². The van der Waals surface area contributed by atoms with Crippen LogP contribution in [0, 0.1) is 13.8 Å². The summed E-state index contributed by atoms with van der Waals surface area (Å²) < 4.78 is 36.9. The first-order valence-electron chi connectivity index (χ1n) is 13.2. The fourth-order valence-corrected chi connectivity index (χ4v) is 4.97. The van der Waals surface area contributed by atoms with Crippen molar-refractivity contribution in [2.75, 3.05) is 24.1 Å². The van der Waals surface area contributed by atoms with Crippen LogP contribution in [0.15, 0.2) is 54.6 Å². The van der Waals surface area contributed by atoms with Gasteiger partial charge in [0, 0.05) is 12.6 Å². The molecule has 3 atom stereocenters. The third kappa shape index (κ3) is 8.84. The fourth-order valence-electron chi connectivity index (χ4n) is 4.40. The van der Waals surface area contributed by atoms with Gasteiger partial charge in [0.25, 0.3) is 0 Å². The zero-order valence-electron chi connectivity index (χ0n) is 23.8. The predicted octanol–water partition coefficient (Wildman–Crippen LogP) is 4.38. The van der Waals surface area contributed by atoms with Crippen LogP contribution in [-0.2, 0) is 14.8 Å². The van der Waals surface area contributed by atoms with Gasteiger partial charge in [-0.15, -0.1) is 0 Å². The molecular formula is C30H38N2O8S. The van der Waals surface area contributed by atoms with E-state index in [-0.39, 0.29) is 17.5 Å². The predicted molar refractivity (Wildman–Crippen MR) is 158 cm³/mol. The highest BCUT2D eigenvalue weighted by molar-refractivity contribution is 7.92. The van der Waals surface area contributed by atoms with Crippen molar-refractivity contribution >= 4 is 21.7 Å². The van der Waals surface area contributed by atoms with Crippen molar-refractivity contribution in [3.05, 3.63) is 71.3 Å². The van der Waals surface area contributed by atoms with Crippen molar-refractivity contribution in [2.24, 2.45) is 0 Å². The molecule has 3 rings (SSSR count). The Balaban J connectivity index is 1.57. The number of aliphatic hydroxyl groups excluding tert-OH is 1. The molecule has 5 N–H and O–H groups in total. The molecule has 0 aromatic heterocycles. The summed E-state index contributed by atoms with van der Waals surface area (Å²) in [5.74, 6) is 0.0457. The minimum absolute atomic E-state index is 0.00146. The molecule has 3 aromatic carbocycles. The summed E-state index contributed by atoms with van der Waals surface area (Å²) in [6, 6.07) is 15.3. The summed E-state index contributed by atoms with van der Waals surface area (Å²) >= 11 is 0. The van der Waals surface area contributed by atoms with Crippen molar-refractivity contribution < 1.29 is 38.0 Å². The third-order valence-electron chi connectivity index (χ3n) is 6.52. The maximum Gasteiger partial charge on any atom is 0.344 e. The molecular weight excluding hydrogens is 548 g/mol. The average molecular weight is 587 g/mol. The van der Waals surface area contributed by atoms with E-state index in [1.807, 2.05) is 38.1 Å². The fraction of sp³-hybridized carbons (Fsp3) is 0.367. The largest absolute Gasteiger partial charge is 0.506 e. The second kappa shape index (κ2) is 13.7. The number of phenolic OH excluding ortho intramolecular Hbond substituents is 1. The summed E-state index contributed by atoms with van der Waals surface area (Å²) in [7, 11) is -3.59. The van der Waals surface area contributed by atoms with E-state index in [0.717, 1.165) is 34.3 Å². The van der Waals surface area contributed by atoms with Crippen LogP contribution in [0.1, 0.15) is 43.1 Å². The van der Waals surface area contributed by atoms with Crippen LogP contribution in [0.25, 0.3) is 11.1 Å². The van der Waals surface area contributed by atoms with E-state index >= 15 is 0 Å². The molecule has 0 saturated carbocycles. The minimum Gasteiger partial charge on any atom is -0.506 e. The van der Waals surface area contributed by atoms with Crippen LogP contribution >= 0.6 is 0 Å². The Bertz CT molecular complexity index is 1430. The summed E-state index contributed by atoms with van der Waals surface area (Å²) in [4.78, 5) is 11.2. The molecule has 41 heavy (non-hydrogen) atoms. The number of aryl methyl sites for hydroxylation is 2. The van der Waals surface area contributed by atoms with Crippen LogP contribution in [0.5, 0.6) is 17.2 Å². The minimum atomic E-state index is -3.59. The molecule has 1 unspecified atom stereocenters. The van der Waals surface area contributed by atoms with Crippen molar-refractivity contribution in [1.82, 2.24) is 5.32 Å². The van der Waals surface area contributed by atoms with Gasteiger partial charge in [-0.2, -0.15) is 0 Å². The molecule has 0 bridgehead atoms. The number of aromatic hydroxyl groups is 1. The number of hydrogen-bond acceptors (Lipinski definition) is 8. The first kappa shape index (κ1) is 31.7. The van der Waals surface area contributed by atoms with Crippen LogP contribution in [0.4, 0.5) is 5.69 Å². The number of rotatable bonds is 14. The lowest BCUT2D eigenvalue weighted by Crippen LogP contribution is -2.35. The zero-order chi connectivity index (χ0) is 30.3. The highest BCUT2D eigenvalue weighted by atomic mass is 32.2. The van der Waals surface area contributed by atoms with E-state index < -0.39 is 28.2 Å². The van der Waals surface area contributed by atoms with E-state index in [1.165, 1.54) is 18.2 Å². The first-order chi connectivity index (χ1) is 19.3. The Kier molecular flexibility index (Phi) is 10.6. The number of sulfonamides is 1. The Morgan fingerprint density at radius 2 is 1.63 bits per heavy atom. The Labute approximate surface area is 241 Å². The van der Waals surface area contributed by atoms with Crippen LogP contribution in [0.2, 0.25) is 0 Å². The highest BCUT2D eigenvalue weighted by Crippen LogP contribution is 2.32. The average Bonchev–Trinajstić information content (AvgIpc) is 2.90. The number of carboxylic acids is 1. The molecule has 0 saturated heterocycles. The molecule has 0 amide bonds. The Hall–Kier alpha value is -3.80.